The minimum absolute atomic E-state index is 0.667. The Balaban J connectivity index is 1.57. The third-order valence-electron chi connectivity index (χ3n) is 4.41. The third kappa shape index (κ3) is 2.95. The molecule has 0 aromatic carbocycles. The van der Waals surface area contributed by atoms with Crippen LogP contribution in [0.25, 0.3) is 0 Å². The summed E-state index contributed by atoms with van der Waals surface area (Å²) in [6.45, 7) is 4.56. The van der Waals surface area contributed by atoms with Crippen LogP contribution in [0.4, 0.5) is 0 Å². The molecule has 1 atom stereocenters. The van der Waals surface area contributed by atoms with Gasteiger partial charge in [0.25, 0.3) is 10.2 Å². The smallest absolute Gasteiger partial charge is 0.282 e. The zero-order valence-electron chi connectivity index (χ0n) is 11.3. The Morgan fingerprint density at radius 3 is 2.11 bits per heavy atom. The van der Waals surface area contributed by atoms with E-state index < -0.39 is 10.2 Å². The van der Waals surface area contributed by atoms with Crippen molar-refractivity contribution < 1.29 is 8.42 Å². The summed E-state index contributed by atoms with van der Waals surface area (Å²) in [5.74, 6) is 2.48. The predicted molar refractivity (Wildman–Crippen MR) is 78.6 cm³/mol. The van der Waals surface area contributed by atoms with Crippen LogP contribution in [0, 0.1) is 0 Å². The second-order valence-corrected chi connectivity index (χ2v) is 8.64. The second kappa shape index (κ2) is 5.89. The van der Waals surface area contributed by atoms with E-state index in [1.54, 1.807) is 8.61 Å². The predicted octanol–water partition coefficient (Wildman–Crippen LogP) is 0.450. The standard InChI is InChI=1S/C12H23N3O2S2/c16-19(17,14-4-1-2-5-14)15-8-6-13(7-9-15)12-3-10-18-11-12/h12H,1-11H2/t12-/m0/s1. The van der Waals surface area contributed by atoms with Gasteiger partial charge in [0.2, 0.25) is 0 Å². The average molecular weight is 305 g/mol. The molecule has 0 unspecified atom stereocenters. The lowest BCUT2D eigenvalue weighted by Gasteiger charge is -2.38. The number of hydrogen-bond acceptors (Lipinski definition) is 4. The van der Waals surface area contributed by atoms with Gasteiger partial charge in [0, 0.05) is 51.1 Å². The van der Waals surface area contributed by atoms with E-state index in [0.29, 0.717) is 32.2 Å². The van der Waals surface area contributed by atoms with Gasteiger partial charge < -0.3 is 0 Å². The molecule has 0 spiro atoms. The molecule has 3 aliphatic rings. The fraction of sp³-hybridized carbons (Fsp3) is 1.00. The largest absolute Gasteiger partial charge is 0.297 e. The maximum atomic E-state index is 12.4. The number of thioether (sulfide) groups is 1. The topological polar surface area (TPSA) is 43.9 Å². The Hall–Kier alpha value is 0.180. The van der Waals surface area contributed by atoms with Crippen molar-refractivity contribution in [3.8, 4) is 0 Å². The van der Waals surface area contributed by atoms with Gasteiger partial charge in [0.05, 0.1) is 0 Å². The van der Waals surface area contributed by atoms with E-state index in [1.807, 2.05) is 11.8 Å². The van der Waals surface area contributed by atoms with Gasteiger partial charge in [-0.05, 0) is 25.0 Å². The quantitative estimate of drug-likeness (QED) is 0.759. The average Bonchev–Trinajstić information content (AvgIpc) is 3.12. The molecule has 3 fully saturated rings. The Morgan fingerprint density at radius 2 is 1.53 bits per heavy atom. The third-order valence-corrected chi connectivity index (χ3v) is 7.59. The van der Waals surface area contributed by atoms with Crippen molar-refractivity contribution in [2.75, 3.05) is 50.8 Å². The molecule has 3 aliphatic heterocycles. The van der Waals surface area contributed by atoms with E-state index in [1.165, 1.54) is 17.9 Å². The van der Waals surface area contributed by atoms with Crippen LogP contribution in [0.3, 0.4) is 0 Å². The van der Waals surface area contributed by atoms with E-state index in [-0.39, 0.29) is 0 Å². The SMILES string of the molecule is O=S(=O)(N1CCCC1)N1CCN([C@H]2CCSC2)CC1. The molecule has 0 saturated carbocycles. The Bertz CT molecular complexity index is 395. The highest BCUT2D eigenvalue weighted by molar-refractivity contribution is 7.99. The first-order valence-corrected chi connectivity index (χ1v) is 9.80. The zero-order chi connectivity index (χ0) is 13.3. The molecule has 0 amide bonds. The highest BCUT2D eigenvalue weighted by Crippen LogP contribution is 2.24. The molecule has 0 aromatic heterocycles. The van der Waals surface area contributed by atoms with Gasteiger partial charge >= 0.3 is 0 Å². The molecule has 0 aromatic rings. The molecule has 0 bridgehead atoms. The summed E-state index contributed by atoms with van der Waals surface area (Å²) in [5, 5.41) is 0. The van der Waals surface area contributed by atoms with E-state index in [2.05, 4.69) is 4.90 Å². The van der Waals surface area contributed by atoms with Crippen molar-refractivity contribution in [1.29, 1.82) is 0 Å². The van der Waals surface area contributed by atoms with Crippen LogP contribution in [0.15, 0.2) is 0 Å². The van der Waals surface area contributed by atoms with E-state index in [0.717, 1.165) is 25.9 Å². The molecule has 3 heterocycles. The van der Waals surface area contributed by atoms with Crippen LogP contribution in [0.1, 0.15) is 19.3 Å². The first-order valence-electron chi connectivity index (χ1n) is 7.25. The lowest BCUT2D eigenvalue weighted by atomic mass is 10.2. The molecular formula is C12H23N3O2S2. The molecule has 0 aliphatic carbocycles. The van der Waals surface area contributed by atoms with E-state index >= 15 is 0 Å². The fourth-order valence-electron chi connectivity index (χ4n) is 3.19. The number of rotatable bonds is 3. The van der Waals surface area contributed by atoms with Gasteiger partial charge in [-0.3, -0.25) is 4.90 Å². The molecule has 7 heteroatoms. The van der Waals surface area contributed by atoms with Crippen molar-refractivity contribution in [1.82, 2.24) is 13.5 Å². The van der Waals surface area contributed by atoms with Crippen LogP contribution >= 0.6 is 11.8 Å². The molecule has 3 rings (SSSR count). The Labute approximate surface area is 120 Å². The van der Waals surface area contributed by atoms with Crippen molar-refractivity contribution >= 4 is 22.0 Å². The first kappa shape index (κ1) is 14.1. The van der Waals surface area contributed by atoms with E-state index in [4.69, 9.17) is 0 Å². The summed E-state index contributed by atoms with van der Waals surface area (Å²) < 4.78 is 28.2. The molecule has 3 saturated heterocycles. The normalized spacial score (nSPS) is 32.1. The number of nitrogens with zero attached hydrogens (tertiary/aromatic N) is 3. The highest BCUT2D eigenvalue weighted by atomic mass is 32.2. The summed E-state index contributed by atoms with van der Waals surface area (Å²) in [6, 6.07) is 0.682. The summed E-state index contributed by atoms with van der Waals surface area (Å²) in [7, 11) is -3.17. The van der Waals surface area contributed by atoms with Crippen molar-refractivity contribution in [3.63, 3.8) is 0 Å². The summed E-state index contributed by atoms with van der Waals surface area (Å²) in [4.78, 5) is 2.48. The van der Waals surface area contributed by atoms with Gasteiger partial charge in [-0.15, -0.1) is 0 Å². The maximum absolute atomic E-state index is 12.4. The van der Waals surface area contributed by atoms with E-state index in [9.17, 15) is 8.42 Å². The van der Waals surface area contributed by atoms with Gasteiger partial charge in [0.1, 0.15) is 0 Å². The van der Waals surface area contributed by atoms with Crippen LogP contribution < -0.4 is 0 Å². The van der Waals surface area contributed by atoms with Gasteiger partial charge in [-0.2, -0.15) is 28.8 Å². The summed E-state index contributed by atoms with van der Waals surface area (Å²) >= 11 is 2.02. The van der Waals surface area contributed by atoms with Crippen molar-refractivity contribution in [2.45, 2.75) is 25.3 Å². The number of hydrogen-bond donors (Lipinski definition) is 0. The lowest BCUT2D eigenvalue weighted by Crippen LogP contribution is -2.54. The van der Waals surface area contributed by atoms with Crippen molar-refractivity contribution in [3.05, 3.63) is 0 Å². The molecule has 0 N–H and O–H groups in total. The van der Waals surface area contributed by atoms with Crippen molar-refractivity contribution in [2.24, 2.45) is 0 Å². The summed E-state index contributed by atoms with van der Waals surface area (Å²) in [6.07, 6.45) is 3.29. The monoisotopic (exact) mass is 305 g/mol. The Morgan fingerprint density at radius 1 is 0.895 bits per heavy atom. The maximum Gasteiger partial charge on any atom is 0.282 e. The fourth-order valence-corrected chi connectivity index (χ4v) is 6.12. The minimum Gasteiger partial charge on any atom is -0.297 e. The molecular weight excluding hydrogens is 282 g/mol. The lowest BCUT2D eigenvalue weighted by molar-refractivity contribution is 0.144. The number of piperazine rings is 1. The molecule has 0 radical (unpaired) electrons. The van der Waals surface area contributed by atoms with Gasteiger partial charge in [-0.25, -0.2) is 0 Å². The summed E-state index contributed by atoms with van der Waals surface area (Å²) in [5.41, 5.74) is 0. The minimum atomic E-state index is -3.17. The van der Waals surface area contributed by atoms with Crippen LogP contribution in [-0.2, 0) is 10.2 Å². The van der Waals surface area contributed by atoms with Gasteiger partial charge in [-0.1, -0.05) is 0 Å². The molecule has 19 heavy (non-hydrogen) atoms. The van der Waals surface area contributed by atoms with Crippen LogP contribution in [0.5, 0.6) is 0 Å². The van der Waals surface area contributed by atoms with Crippen LogP contribution in [0.2, 0.25) is 0 Å². The highest BCUT2D eigenvalue weighted by Gasteiger charge is 2.35. The van der Waals surface area contributed by atoms with Gasteiger partial charge in [0.15, 0.2) is 0 Å². The molecule has 5 nitrogen and oxygen atoms in total. The zero-order valence-corrected chi connectivity index (χ0v) is 13.0. The molecule has 110 valence electrons. The first-order chi connectivity index (χ1) is 9.18. The Kier molecular flexibility index (Phi) is 4.38. The second-order valence-electron chi connectivity index (χ2n) is 5.57. The van der Waals surface area contributed by atoms with Crippen LogP contribution in [-0.4, -0.2) is 78.7 Å².